The number of hydrogen-bond donors (Lipinski definition) is 1. The second-order valence-corrected chi connectivity index (χ2v) is 6.07. The molecule has 5 nitrogen and oxygen atoms in total. The van der Waals surface area contributed by atoms with Crippen molar-refractivity contribution in [3.63, 3.8) is 0 Å². The van der Waals surface area contributed by atoms with Crippen molar-refractivity contribution in [3.8, 4) is 11.1 Å². The Labute approximate surface area is 152 Å². The van der Waals surface area contributed by atoms with Gasteiger partial charge in [-0.1, -0.05) is 12.1 Å². The van der Waals surface area contributed by atoms with Crippen LogP contribution in [-0.2, 0) is 16.1 Å². The molecule has 0 aliphatic carbocycles. The minimum absolute atomic E-state index is 0.231. The Bertz CT molecular complexity index is 901. The number of halogens is 2. The Morgan fingerprint density at radius 2 is 1.80 bits per heavy atom. The van der Waals surface area contributed by atoms with Crippen molar-refractivity contribution < 1.29 is 14.0 Å². The van der Waals surface area contributed by atoms with Crippen molar-refractivity contribution in [2.75, 3.05) is 5.73 Å². The number of nitrogen functional groups attached to an aromatic ring is 1. The maximum Gasteiger partial charge on any atom is 0.373 e. The summed E-state index contributed by atoms with van der Waals surface area (Å²) in [5.41, 5.74) is 10.6. The third-order valence-electron chi connectivity index (χ3n) is 3.59. The first-order valence-electron chi connectivity index (χ1n) is 7.27. The van der Waals surface area contributed by atoms with Crippen molar-refractivity contribution in [3.05, 3.63) is 70.5 Å². The molecule has 0 atom stereocenters. The van der Waals surface area contributed by atoms with Crippen LogP contribution in [0.4, 0.5) is 10.1 Å². The van der Waals surface area contributed by atoms with Crippen LogP contribution in [0.5, 0.6) is 0 Å². The number of nitrogens with two attached hydrogens (primary N) is 1. The average Bonchev–Trinajstić information content (AvgIpc) is 2.93. The number of benzene rings is 1. The molecule has 0 amide bonds. The fourth-order valence-electron chi connectivity index (χ4n) is 2.36. The van der Waals surface area contributed by atoms with E-state index in [1.54, 1.807) is 12.1 Å². The summed E-state index contributed by atoms with van der Waals surface area (Å²) in [6.45, 7) is 2.62. The van der Waals surface area contributed by atoms with Gasteiger partial charge < -0.3 is 10.3 Å². The van der Waals surface area contributed by atoms with Gasteiger partial charge in [0.05, 0.1) is 17.9 Å². The zero-order chi connectivity index (χ0) is 18.4. The normalized spacial score (nSPS) is 9.88. The molecule has 2 aromatic heterocycles. The van der Waals surface area contributed by atoms with Crippen molar-refractivity contribution in [2.24, 2.45) is 0 Å². The predicted molar refractivity (Wildman–Crippen MR) is 95.0 cm³/mol. The first kappa shape index (κ1) is 18.6. The number of anilines is 1. The fraction of sp³-hybridized carbons (Fsp3) is 0.111. The highest BCUT2D eigenvalue weighted by molar-refractivity contribution is 9.10. The van der Waals surface area contributed by atoms with Crippen LogP contribution in [-0.4, -0.2) is 15.7 Å². The zero-order valence-electron chi connectivity index (χ0n) is 13.4. The second-order valence-electron chi connectivity index (χ2n) is 5.26. The van der Waals surface area contributed by atoms with Crippen LogP contribution >= 0.6 is 15.9 Å². The molecule has 0 aliphatic rings. The van der Waals surface area contributed by atoms with Gasteiger partial charge in [0.25, 0.3) is 0 Å². The maximum absolute atomic E-state index is 13.0. The number of hydrogen-bond acceptors (Lipinski definition) is 4. The monoisotopic (exact) mass is 403 g/mol. The summed E-state index contributed by atoms with van der Waals surface area (Å²) in [6, 6.07) is 12.2. The molecule has 0 aliphatic heterocycles. The molecule has 2 heterocycles. The van der Waals surface area contributed by atoms with E-state index in [0.29, 0.717) is 12.2 Å². The van der Waals surface area contributed by atoms with E-state index in [2.05, 4.69) is 31.5 Å². The van der Waals surface area contributed by atoms with Gasteiger partial charge in [0.1, 0.15) is 10.4 Å². The first-order chi connectivity index (χ1) is 11.9. The Hall–Kier alpha value is -2.76. The third kappa shape index (κ3) is 4.86. The van der Waals surface area contributed by atoms with E-state index in [1.807, 2.05) is 25.3 Å². The van der Waals surface area contributed by atoms with Gasteiger partial charge in [-0.05, 0) is 64.3 Å². The topological polar surface area (TPSA) is 78.0 Å². The minimum atomic E-state index is -0.231. The van der Waals surface area contributed by atoms with Crippen LogP contribution in [0.3, 0.4) is 0 Å². The number of aromatic nitrogens is 2. The fourth-order valence-corrected chi connectivity index (χ4v) is 2.71. The van der Waals surface area contributed by atoms with Gasteiger partial charge in [-0.3, -0.25) is 0 Å². The molecule has 0 radical (unpaired) electrons. The number of nitrogens with zero attached hydrogens (tertiary/aromatic N) is 2. The summed E-state index contributed by atoms with van der Waals surface area (Å²) in [4.78, 5) is 20.7. The lowest BCUT2D eigenvalue weighted by molar-refractivity contribution is -0.191. The van der Waals surface area contributed by atoms with Gasteiger partial charge in [-0.15, -0.1) is 0 Å². The van der Waals surface area contributed by atoms with Gasteiger partial charge >= 0.3 is 6.15 Å². The Morgan fingerprint density at radius 3 is 2.44 bits per heavy atom. The average molecular weight is 404 g/mol. The van der Waals surface area contributed by atoms with E-state index in [-0.39, 0.29) is 12.0 Å². The summed E-state index contributed by atoms with van der Waals surface area (Å²) in [6.07, 6.45) is 2.28. The summed E-state index contributed by atoms with van der Waals surface area (Å²) >= 11 is 3.37. The first-order valence-corrected chi connectivity index (χ1v) is 8.06. The second kappa shape index (κ2) is 8.37. The van der Waals surface area contributed by atoms with E-state index in [9.17, 15) is 4.39 Å². The van der Waals surface area contributed by atoms with E-state index in [4.69, 9.17) is 15.3 Å². The molecule has 0 bridgehead atoms. The SMILES string of the molecule is Cc1cc(-c2ccc(F)cc2)cn1Cc1nc(Br)ccc1N.O=C=O. The van der Waals surface area contributed by atoms with E-state index < -0.39 is 0 Å². The molecule has 2 N–H and O–H groups in total. The van der Waals surface area contributed by atoms with Crippen LogP contribution in [0, 0.1) is 12.7 Å². The quantitative estimate of drug-likeness (QED) is 0.674. The van der Waals surface area contributed by atoms with Crippen molar-refractivity contribution >= 4 is 27.8 Å². The van der Waals surface area contributed by atoms with Gasteiger partial charge in [-0.25, -0.2) is 9.37 Å². The van der Waals surface area contributed by atoms with Gasteiger partial charge in [0.15, 0.2) is 0 Å². The molecule has 0 spiro atoms. The number of carbonyl (C=O) groups excluding carboxylic acids is 2. The summed E-state index contributed by atoms with van der Waals surface area (Å²) in [7, 11) is 0. The van der Waals surface area contributed by atoms with Crippen LogP contribution in [0.15, 0.2) is 53.3 Å². The molecule has 0 saturated heterocycles. The number of rotatable bonds is 3. The number of pyridine rings is 1. The zero-order valence-corrected chi connectivity index (χ0v) is 15.0. The van der Waals surface area contributed by atoms with Gasteiger partial charge in [0, 0.05) is 11.9 Å². The minimum Gasteiger partial charge on any atom is -0.397 e. The summed E-state index contributed by atoms with van der Waals surface area (Å²) in [5.74, 6) is -0.231. The lowest BCUT2D eigenvalue weighted by Crippen LogP contribution is -2.05. The van der Waals surface area contributed by atoms with E-state index in [1.165, 1.54) is 12.1 Å². The van der Waals surface area contributed by atoms with Crippen LogP contribution in [0.1, 0.15) is 11.4 Å². The molecule has 3 rings (SSSR count). The van der Waals surface area contributed by atoms with Gasteiger partial charge in [0.2, 0.25) is 0 Å². The largest absolute Gasteiger partial charge is 0.397 e. The highest BCUT2D eigenvalue weighted by atomic mass is 79.9. The third-order valence-corrected chi connectivity index (χ3v) is 4.03. The summed E-state index contributed by atoms with van der Waals surface area (Å²) < 4.78 is 15.9. The van der Waals surface area contributed by atoms with Crippen LogP contribution < -0.4 is 5.73 Å². The van der Waals surface area contributed by atoms with Crippen molar-refractivity contribution in [1.82, 2.24) is 9.55 Å². The van der Waals surface area contributed by atoms with Crippen LogP contribution in [0.2, 0.25) is 0 Å². The molecule has 0 saturated carbocycles. The molecule has 7 heteroatoms. The predicted octanol–water partition coefficient (Wildman–Crippen LogP) is 3.81. The maximum atomic E-state index is 13.0. The highest BCUT2D eigenvalue weighted by Gasteiger charge is 2.08. The molecular formula is C18H15BrFN3O2. The summed E-state index contributed by atoms with van der Waals surface area (Å²) in [5, 5.41) is 0. The standard InChI is InChI=1S/C17H15BrFN3.CO2/c1-11-8-13(12-2-4-14(19)5-3-12)9-22(11)10-16-15(20)6-7-17(18)21-16;2-1-3/h2-9H,10,20H2,1H3;. The molecule has 1 aromatic carbocycles. The molecular weight excluding hydrogens is 389 g/mol. The molecule has 128 valence electrons. The number of aryl methyl sites for hydroxylation is 1. The van der Waals surface area contributed by atoms with E-state index in [0.717, 1.165) is 27.1 Å². The van der Waals surface area contributed by atoms with E-state index >= 15 is 0 Å². The van der Waals surface area contributed by atoms with Gasteiger partial charge in [-0.2, -0.15) is 9.59 Å². The lowest BCUT2D eigenvalue weighted by Gasteiger charge is -2.08. The van der Waals surface area contributed by atoms with Crippen LogP contribution in [0.25, 0.3) is 11.1 Å². The highest BCUT2D eigenvalue weighted by Crippen LogP contribution is 2.24. The Kier molecular flexibility index (Phi) is 6.22. The molecule has 25 heavy (non-hydrogen) atoms. The lowest BCUT2D eigenvalue weighted by atomic mass is 10.1. The van der Waals surface area contributed by atoms with Crippen molar-refractivity contribution in [2.45, 2.75) is 13.5 Å². The Balaban J connectivity index is 0.000000701. The molecule has 0 fully saturated rings. The molecule has 3 aromatic rings. The smallest absolute Gasteiger partial charge is 0.373 e. The Morgan fingerprint density at radius 1 is 1.16 bits per heavy atom. The molecule has 0 unspecified atom stereocenters. The van der Waals surface area contributed by atoms with Crippen molar-refractivity contribution in [1.29, 1.82) is 0 Å².